The molecule has 2 aliphatic heterocycles. The summed E-state index contributed by atoms with van der Waals surface area (Å²) in [5.74, 6) is -0.325. The van der Waals surface area contributed by atoms with Crippen LogP contribution in [0.2, 0.25) is 0 Å². The van der Waals surface area contributed by atoms with E-state index in [0.29, 0.717) is 62.9 Å². The number of H-pyrrole nitrogens is 1. The zero-order valence-corrected chi connectivity index (χ0v) is 28.4. The molecule has 258 valence electrons. The summed E-state index contributed by atoms with van der Waals surface area (Å²) in [6, 6.07) is 19.7. The molecule has 0 bridgehead atoms. The Morgan fingerprint density at radius 2 is 1.54 bits per heavy atom. The van der Waals surface area contributed by atoms with Gasteiger partial charge in [-0.3, -0.25) is 19.6 Å². The van der Waals surface area contributed by atoms with Crippen LogP contribution >= 0.6 is 0 Å². The standard InChI is InChI=1S/C38H40F2N8O2/c1-37(2,3)38(36(50)43-29-10-13-32-31(20-29)34(45-44-32)25-4-8-27(39)9-5-25)14-15-46(24-38)23-33(49)48-18-16-47(17-19-48)30-11-6-26(7-12-30)35-41-21-28(40)22-42-35/h4-13,20-22H,14-19,23-24H2,1-3H3,(H,43,50)(H,44,45). The molecule has 4 heterocycles. The molecule has 2 saturated heterocycles. The number of aromatic amines is 1. The van der Waals surface area contributed by atoms with Gasteiger partial charge in [0.25, 0.3) is 0 Å². The molecule has 7 rings (SSSR count). The molecule has 5 aromatic rings. The summed E-state index contributed by atoms with van der Waals surface area (Å²) in [6.07, 6.45) is 2.95. The molecule has 2 aliphatic rings. The molecule has 50 heavy (non-hydrogen) atoms. The number of nitrogens with one attached hydrogen (secondary N) is 2. The SMILES string of the molecule is CC(C)(C)C1(C(=O)Nc2ccc3[nH]nc(-c4ccc(F)cc4)c3c2)CCN(CC(=O)N2CCN(c3ccc(-c4ncc(F)cn4)cc3)CC2)C1. The predicted octanol–water partition coefficient (Wildman–Crippen LogP) is 5.99. The monoisotopic (exact) mass is 678 g/mol. The summed E-state index contributed by atoms with van der Waals surface area (Å²) < 4.78 is 26.7. The Labute approximate surface area is 289 Å². The second-order valence-corrected chi connectivity index (χ2v) is 14.2. The molecule has 2 aromatic heterocycles. The van der Waals surface area contributed by atoms with Crippen molar-refractivity contribution in [2.75, 3.05) is 56.0 Å². The number of likely N-dealkylation sites (tertiary alicyclic amines) is 1. The van der Waals surface area contributed by atoms with E-state index in [9.17, 15) is 18.4 Å². The van der Waals surface area contributed by atoms with E-state index in [0.717, 1.165) is 40.1 Å². The second kappa shape index (κ2) is 13.2. The third-order valence-corrected chi connectivity index (χ3v) is 10.3. The van der Waals surface area contributed by atoms with E-state index in [1.54, 1.807) is 12.1 Å². The van der Waals surface area contributed by atoms with Crippen LogP contribution in [0.15, 0.2) is 79.1 Å². The highest BCUT2D eigenvalue weighted by atomic mass is 19.1. The molecule has 0 aliphatic carbocycles. The van der Waals surface area contributed by atoms with Crippen LogP contribution in [-0.4, -0.2) is 87.6 Å². The molecule has 2 fully saturated rings. The smallest absolute Gasteiger partial charge is 0.236 e. The van der Waals surface area contributed by atoms with Crippen molar-refractivity contribution in [1.82, 2.24) is 30.0 Å². The number of hydrogen-bond acceptors (Lipinski definition) is 7. The van der Waals surface area contributed by atoms with E-state index in [-0.39, 0.29) is 29.6 Å². The van der Waals surface area contributed by atoms with Crippen molar-refractivity contribution in [3.8, 4) is 22.6 Å². The summed E-state index contributed by atoms with van der Waals surface area (Å²) in [4.78, 5) is 42.0. The summed E-state index contributed by atoms with van der Waals surface area (Å²) in [7, 11) is 0. The van der Waals surface area contributed by atoms with Crippen molar-refractivity contribution >= 4 is 34.1 Å². The van der Waals surface area contributed by atoms with Crippen molar-refractivity contribution in [3.63, 3.8) is 0 Å². The van der Waals surface area contributed by atoms with Crippen LogP contribution in [0.25, 0.3) is 33.5 Å². The molecular formula is C38H40F2N8O2. The van der Waals surface area contributed by atoms with Crippen LogP contribution in [0.5, 0.6) is 0 Å². The molecule has 0 spiro atoms. The van der Waals surface area contributed by atoms with Gasteiger partial charge in [-0.2, -0.15) is 5.10 Å². The van der Waals surface area contributed by atoms with Gasteiger partial charge in [0.05, 0.1) is 35.6 Å². The first-order valence-corrected chi connectivity index (χ1v) is 16.9. The summed E-state index contributed by atoms with van der Waals surface area (Å²) in [5, 5.41) is 11.5. The molecule has 3 aromatic carbocycles. The largest absolute Gasteiger partial charge is 0.368 e. The van der Waals surface area contributed by atoms with Gasteiger partial charge >= 0.3 is 0 Å². The van der Waals surface area contributed by atoms with E-state index >= 15 is 0 Å². The molecule has 0 saturated carbocycles. The van der Waals surface area contributed by atoms with Crippen LogP contribution in [0.4, 0.5) is 20.2 Å². The van der Waals surface area contributed by atoms with Crippen molar-refractivity contribution in [2.24, 2.45) is 10.8 Å². The molecule has 2 amide bonds. The minimum Gasteiger partial charge on any atom is -0.368 e. The maximum absolute atomic E-state index is 14.1. The van der Waals surface area contributed by atoms with Crippen LogP contribution in [0, 0.1) is 22.5 Å². The van der Waals surface area contributed by atoms with Gasteiger partial charge in [-0.1, -0.05) is 20.8 Å². The Hall–Kier alpha value is -5.23. The first-order valence-electron chi connectivity index (χ1n) is 16.9. The minimum absolute atomic E-state index is 0.0669. The highest BCUT2D eigenvalue weighted by Crippen LogP contribution is 2.47. The summed E-state index contributed by atoms with van der Waals surface area (Å²) >= 11 is 0. The molecular weight excluding hydrogens is 638 g/mol. The predicted molar refractivity (Wildman–Crippen MR) is 189 cm³/mol. The van der Waals surface area contributed by atoms with Crippen LogP contribution < -0.4 is 10.2 Å². The fourth-order valence-electron chi connectivity index (χ4n) is 7.12. The van der Waals surface area contributed by atoms with Gasteiger partial charge in [0, 0.05) is 60.6 Å². The highest BCUT2D eigenvalue weighted by molar-refractivity contribution is 6.00. The number of piperazine rings is 1. The normalized spacial score (nSPS) is 18.5. The summed E-state index contributed by atoms with van der Waals surface area (Å²) in [5.41, 5.74) is 3.71. The Kier molecular flexibility index (Phi) is 8.81. The third kappa shape index (κ3) is 6.55. The van der Waals surface area contributed by atoms with Crippen molar-refractivity contribution < 1.29 is 18.4 Å². The lowest BCUT2D eigenvalue weighted by Gasteiger charge is -2.40. The van der Waals surface area contributed by atoms with Gasteiger partial charge in [-0.05, 0) is 85.1 Å². The fraction of sp³-hybridized carbons (Fsp3) is 0.342. The molecule has 1 atom stereocenters. The van der Waals surface area contributed by atoms with Crippen LogP contribution in [0.3, 0.4) is 0 Å². The van der Waals surface area contributed by atoms with Gasteiger partial charge in [0.2, 0.25) is 11.8 Å². The van der Waals surface area contributed by atoms with E-state index < -0.39 is 11.2 Å². The molecule has 1 unspecified atom stereocenters. The lowest BCUT2D eigenvalue weighted by atomic mass is 9.65. The topological polar surface area (TPSA) is 110 Å². The van der Waals surface area contributed by atoms with E-state index in [1.165, 1.54) is 12.1 Å². The van der Waals surface area contributed by atoms with E-state index in [2.05, 4.69) is 56.1 Å². The second-order valence-electron chi connectivity index (χ2n) is 14.2. The van der Waals surface area contributed by atoms with Crippen molar-refractivity contribution in [1.29, 1.82) is 0 Å². The number of carbonyl (C=O) groups excluding carboxylic acids is 2. The maximum atomic E-state index is 14.1. The molecule has 10 nitrogen and oxygen atoms in total. The molecule has 0 radical (unpaired) electrons. The zero-order valence-electron chi connectivity index (χ0n) is 28.4. The van der Waals surface area contributed by atoms with E-state index in [4.69, 9.17) is 0 Å². The minimum atomic E-state index is -0.706. The Balaban J connectivity index is 0.971. The third-order valence-electron chi connectivity index (χ3n) is 10.3. The highest BCUT2D eigenvalue weighted by Gasteiger charge is 2.52. The number of amides is 2. The van der Waals surface area contributed by atoms with Gasteiger partial charge in [0.1, 0.15) is 5.82 Å². The fourth-order valence-corrected chi connectivity index (χ4v) is 7.12. The lowest BCUT2D eigenvalue weighted by Crippen LogP contribution is -2.52. The first-order chi connectivity index (χ1) is 24.0. The Bertz CT molecular complexity index is 2000. The van der Waals surface area contributed by atoms with Crippen molar-refractivity contribution in [3.05, 3.63) is 90.8 Å². The van der Waals surface area contributed by atoms with Gasteiger partial charge in [-0.25, -0.2) is 18.7 Å². The number of fused-ring (bicyclic) bond motifs is 1. The molecule has 2 N–H and O–H groups in total. The van der Waals surface area contributed by atoms with E-state index in [1.807, 2.05) is 47.4 Å². The summed E-state index contributed by atoms with van der Waals surface area (Å²) in [6.45, 7) is 10.3. The zero-order chi connectivity index (χ0) is 35.0. The van der Waals surface area contributed by atoms with Gasteiger partial charge in [-0.15, -0.1) is 0 Å². The van der Waals surface area contributed by atoms with Crippen molar-refractivity contribution in [2.45, 2.75) is 27.2 Å². The lowest BCUT2D eigenvalue weighted by molar-refractivity contribution is -0.135. The van der Waals surface area contributed by atoms with Gasteiger partial charge < -0.3 is 15.1 Å². The quantitative estimate of drug-likeness (QED) is 0.218. The number of nitrogens with zero attached hydrogens (tertiary/aromatic N) is 6. The number of benzene rings is 3. The van der Waals surface area contributed by atoms with Crippen LogP contribution in [0.1, 0.15) is 27.2 Å². The first kappa shape index (κ1) is 33.3. The molecule has 12 heteroatoms. The average Bonchev–Trinajstić information content (AvgIpc) is 3.74. The number of aromatic nitrogens is 4. The van der Waals surface area contributed by atoms with Gasteiger partial charge in [0.15, 0.2) is 11.6 Å². The number of hydrogen-bond donors (Lipinski definition) is 2. The Morgan fingerprint density at radius 3 is 2.22 bits per heavy atom. The average molecular weight is 679 g/mol. The number of rotatable bonds is 7. The number of halogens is 2. The number of anilines is 2. The number of carbonyl (C=O) groups is 2. The Morgan fingerprint density at radius 1 is 0.860 bits per heavy atom. The maximum Gasteiger partial charge on any atom is 0.236 e. The van der Waals surface area contributed by atoms with Crippen LogP contribution in [-0.2, 0) is 9.59 Å².